The maximum Gasteiger partial charge on any atom is 0.243 e. The zero-order valence-corrected chi connectivity index (χ0v) is 19.0. The third-order valence-electron chi connectivity index (χ3n) is 4.78. The first-order valence-electron chi connectivity index (χ1n) is 9.47. The van der Waals surface area contributed by atoms with Crippen LogP contribution in [0.15, 0.2) is 57.6 Å². The van der Waals surface area contributed by atoms with Gasteiger partial charge >= 0.3 is 0 Å². The molecule has 11 heteroatoms. The lowest BCUT2D eigenvalue weighted by Gasteiger charge is -2.26. The number of halogens is 1. The molecule has 4 rings (SSSR count). The molecule has 0 aliphatic carbocycles. The lowest BCUT2D eigenvalue weighted by Crippen LogP contribution is -2.40. The first kappa shape index (κ1) is 21.8. The van der Waals surface area contributed by atoms with Crippen LogP contribution in [0.2, 0.25) is 5.02 Å². The Balaban J connectivity index is 1.66. The van der Waals surface area contributed by atoms with E-state index in [4.69, 9.17) is 22.1 Å². The minimum atomic E-state index is -3.63. The zero-order valence-electron chi connectivity index (χ0n) is 16.7. The molecule has 2 heterocycles. The van der Waals surface area contributed by atoms with Crippen molar-refractivity contribution in [3.63, 3.8) is 0 Å². The van der Waals surface area contributed by atoms with Crippen molar-refractivity contribution >= 4 is 48.8 Å². The summed E-state index contributed by atoms with van der Waals surface area (Å²) in [7, 11) is -3.63. The van der Waals surface area contributed by atoms with E-state index in [1.54, 1.807) is 24.3 Å². The molecule has 0 bridgehead atoms. The number of nitrogens with zero attached hydrogens (tertiary/aromatic N) is 4. The summed E-state index contributed by atoms with van der Waals surface area (Å²) in [5, 5.41) is 10.2. The molecule has 2 N–H and O–H groups in total. The van der Waals surface area contributed by atoms with Crippen LogP contribution in [0.4, 0.5) is 15.8 Å². The summed E-state index contributed by atoms with van der Waals surface area (Å²) >= 11 is 7.17. The molecule has 0 saturated carbocycles. The second-order valence-electron chi connectivity index (χ2n) is 6.88. The number of thiazole rings is 1. The average Bonchev–Trinajstić information content (AvgIpc) is 3.14. The van der Waals surface area contributed by atoms with Crippen LogP contribution in [-0.2, 0) is 14.8 Å². The molecule has 0 unspecified atom stereocenters. The average molecular weight is 478 g/mol. The molecular weight excluding hydrogens is 458 g/mol. The molecule has 162 valence electrons. The molecule has 0 atom stereocenters. The highest BCUT2D eigenvalue weighted by atomic mass is 35.5. The first-order chi connectivity index (χ1) is 14.8. The fourth-order valence-corrected chi connectivity index (χ4v) is 5.32. The van der Waals surface area contributed by atoms with E-state index in [1.807, 2.05) is 19.1 Å². The fourth-order valence-electron chi connectivity index (χ4n) is 3.08. The molecule has 1 saturated heterocycles. The van der Waals surface area contributed by atoms with E-state index in [9.17, 15) is 8.42 Å². The monoisotopic (exact) mass is 477 g/mol. The van der Waals surface area contributed by atoms with Gasteiger partial charge in [-0.15, -0.1) is 10.2 Å². The smallest absolute Gasteiger partial charge is 0.243 e. The molecule has 0 radical (unpaired) electrons. The third-order valence-corrected chi connectivity index (χ3v) is 7.70. The second-order valence-corrected chi connectivity index (χ2v) is 10.3. The highest BCUT2D eigenvalue weighted by Crippen LogP contribution is 2.38. The molecule has 0 spiro atoms. The van der Waals surface area contributed by atoms with E-state index in [0.717, 1.165) is 11.1 Å². The van der Waals surface area contributed by atoms with Crippen molar-refractivity contribution in [1.82, 2.24) is 9.29 Å². The molecule has 0 amide bonds. The van der Waals surface area contributed by atoms with Gasteiger partial charge in [-0.25, -0.2) is 13.4 Å². The first-order valence-corrected chi connectivity index (χ1v) is 12.1. The van der Waals surface area contributed by atoms with Crippen LogP contribution in [-0.4, -0.2) is 44.0 Å². The normalized spacial score (nSPS) is 15.5. The fraction of sp³-hybridized carbons (Fsp3) is 0.250. The van der Waals surface area contributed by atoms with Crippen molar-refractivity contribution in [2.45, 2.75) is 11.8 Å². The minimum absolute atomic E-state index is 0.177. The van der Waals surface area contributed by atoms with E-state index >= 15 is 0 Å². The third kappa shape index (κ3) is 4.78. The van der Waals surface area contributed by atoms with Crippen molar-refractivity contribution in [2.24, 2.45) is 10.2 Å². The Morgan fingerprint density at radius 2 is 1.84 bits per heavy atom. The Morgan fingerprint density at radius 1 is 1.13 bits per heavy atom. The Kier molecular flexibility index (Phi) is 6.35. The van der Waals surface area contributed by atoms with Gasteiger partial charge in [-0.1, -0.05) is 41.1 Å². The van der Waals surface area contributed by atoms with Crippen molar-refractivity contribution in [2.75, 3.05) is 32.0 Å². The van der Waals surface area contributed by atoms with Gasteiger partial charge in [-0.05, 0) is 36.8 Å². The predicted octanol–water partition coefficient (Wildman–Crippen LogP) is 4.79. The van der Waals surface area contributed by atoms with E-state index in [-0.39, 0.29) is 4.90 Å². The Bertz CT molecular complexity index is 1220. The number of rotatable bonds is 5. The van der Waals surface area contributed by atoms with Gasteiger partial charge in [0.15, 0.2) is 10.1 Å². The van der Waals surface area contributed by atoms with Crippen LogP contribution in [0.1, 0.15) is 5.56 Å². The minimum Gasteiger partial charge on any atom is -0.379 e. The molecule has 2 aromatic carbocycles. The maximum atomic E-state index is 13.0. The number of benzene rings is 2. The van der Waals surface area contributed by atoms with Gasteiger partial charge in [0.25, 0.3) is 0 Å². The summed E-state index contributed by atoms with van der Waals surface area (Å²) in [5.41, 5.74) is 8.56. The van der Waals surface area contributed by atoms with E-state index in [0.29, 0.717) is 52.8 Å². The van der Waals surface area contributed by atoms with Crippen LogP contribution in [0.25, 0.3) is 11.3 Å². The molecular formula is C20H20ClN5O3S2. The topological polar surface area (TPSA) is 110 Å². The SMILES string of the molecule is Cc1ccc(S(=O)(=O)N2CCOCC2)cc1N=Nc1sc(N)nc1-c1ccc(Cl)cc1. The van der Waals surface area contributed by atoms with Crippen LogP contribution in [0.5, 0.6) is 0 Å². The number of nitrogens with two attached hydrogens (primary N) is 1. The number of nitrogen functional groups attached to an aromatic ring is 1. The molecule has 1 aliphatic heterocycles. The van der Waals surface area contributed by atoms with E-state index in [1.165, 1.54) is 21.7 Å². The van der Waals surface area contributed by atoms with Crippen molar-refractivity contribution in [1.29, 1.82) is 0 Å². The summed E-state index contributed by atoms with van der Waals surface area (Å²) < 4.78 is 32.6. The number of hydrogen-bond donors (Lipinski definition) is 1. The predicted molar refractivity (Wildman–Crippen MR) is 122 cm³/mol. The number of anilines is 1. The van der Waals surface area contributed by atoms with E-state index < -0.39 is 10.0 Å². The van der Waals surface area contributed by atoms with Crippen LogP contribution in [0, 0.1) is 6.92 Å². The molecule has 3 aromatic rings. The van der Waals surface area contributed by atoms with Crippen molar-refractivity contribution < 1.29 is 13.2 Å². The summed E-state index contributed by atoms with van der Waals surface area (Å²) in [4.78, 5) is 4.52. The summed E-state index contributed by atoms with van der Waals surface area (Å²) in [6.07, 6.45) is 0. The van der Waals surface area contributed by atoms with Gasteiger partial charge in [0.2, 0.25) is 10.0 Å². The largest absolute Gasteiger partial charge is 0.379 e. The number of hydrogen-bond acceptors (Lipinski definition) is 8. The van der Waals surface area contributed by atoms with Gasteiger partial charge in [0.05, 0.1) is 23.8 Å². The molecule has 1 aromatic heterocycles. The summed E-state index contributed by atoms with van der Waals surface area (Å²) in [6, 6.07) is 12.0. The van der Waals surface area contributed by atoms with Crippen molar-refractivity contribution in [3.8, 4) is 11.3 Å². The number of aryl methyl sites for hydroxylation is 1. The lowest BCUT2D eigenvalue weighted by atomic mass is 10.2. The van der Waals surface area contributed by atoms with Crippen molar-refractivity contribution in [3.05, 3.63) is 53.1 Å². The van der Waals surface area contributed by atoms with Crippen LogP contribution < -0.4 is 5.73 Å². The van der Waals surface area contributed by atoms with Gasteiger partial charge in [0.1, 0.15) is 5.69 Å². The quantitative estimate of drug-likeness (QED) is 0.531. The van der Waals surface area contributed by atoms with Gasteiger partial charge < -0.3 is 10.5 Å². The van der Waals surface area contributed by atoms with Crippen LogP contribution in [0.3, 0.4) is 0 Å². The number of sulfonamides is 1. The Hall–Kier alpha value is -2.37. The number of azo groups is 1. The van der Waals surface area contributed by atoms with Crippen LogP contribution >= 0.6 is 22.9 Å². The highest BCUT2D eigenvalue weighted by molar-refractivity contribution is 7.89. The molecule has 31 heavy (non-hydrogen) atoms. The Morgan fingerprint density at radius 3 is 2.55 bits per heavy atom. The molecule has 1 aliphatic rings. The van der Waals surface area contributed by atoms with Gasteiger partial charge in [-0.2, -0.15) is 4.31 Å². The molecule has 1 fully saturated rings. The number of aromatic nitrogens is 1. The zero-order chi connectivity index (χ0) is 22.0. The standard InChI is InChI=1S/C20H20ClN5O3S2/c1-13-2-7-16(31(27,28)26-8-10-29-11-9-26)12-17(13)24-25-19-18(23-20(22)30-19)14-3-5-15(21)6-4-14/h2-7,12H,8-11H2,1H3,(H2,22,23). The lowest BCUT2D eigenvalue weighted by molar-refractivity contribution is 0.0730. The van der Waals surface area contributed by atoms with Gasteiger partial charge in [0, 0.05) is 23.7 Å². The highest BCUT2D eigenvalue weighted by Gasteiger charge is 2.26. The maximum absolute atomic E-state index is 13.0. The van der Waals surface area contributed by atoms with E-state index in [2.05, 4.69) is 15.2 Å². The second kappa shape index (κ2) is 9.01. The number of ether oxygens (including phenoxy) is 1. The van der Waals surface area contributed by atoms with Gasteiger partial charge in [-0.3, -0.25) is 0 Å². The Labute approximate surface area is 189 Å². The summed E-state index contributed by atoms with van der Waals surface area (Å²) in [6.45, 7) is 3.28. The molecule has 8 nitrogen and oxygen atoms in total. The number of morpholine rings is 1. The summed E-state index contributed by atoms with van der Waals surface area (Å²) in [5.74, 6) is 0.